The normalized spacial score (nSPS) is 12.9. The third-order valence-electron chi connectivity index (χ3n) is 2.73. The number of aromatic nitrogens is 2. The molecule has 18 heavy (non-hydrogen) atoms. The van der Waals surface area contributed by atoms with E-state index >= 15 is 0 Å². The second-order valence-corrected chi connectivity index (χ2v) is 5.03. The first kappa shape index (κ1) is 15.0. The third-order valence-corrected chi connectivity index (χ3v) is 2.73. The quantitative estimate of drug-likeness (QED) is 0.735. The van der Waals surface area contributed by atoms with Crippen LogP contribution in [0.4, 0.5) is 0 Å². The van der Waals surface area contributed by atoms with Gasteiger partial charge in [0, 0.05) is 19.1 Å². The van der Waals surface area contributed by atoms with Crippen LogP contribution in [0.15, 0.2) is 12.4 Å². The van der Waals surface area contributed by atoms with E-state index in [1.165, 1.54) is 0 Å². The fourth-order valence-electron chi connectivity index (χ4n) is 1.84. The van der Waals surface area contributed by atoms with Crippen LogP contribution >= 0.6 is 0 Å². The van der Waals surface area contributed by atoms with E-state index in [4.69, 9.17) is 4.74 Å². The molecule has 4 nitrogen and oxygen atoms in total. The molecule has 0 saturated carbocycles. The van der Waals surface area contributed by atoms with Crippen molar-refractivity contribution in [2.75, 3.05) is 6.54 Å². The minimum Gasteiger partial charge on any atom is -0.486 e. The lowest BCUT2D eigenvalue weighted by Gasteiger charge is -2.19. The van der Waals surface area contributed by atoms with Crippen LogP contribution in [0.3, 0.4) is 0 Å². The Hall–Kier alpha value is -1.03. The Morgan fingerprint density at radius 3 is 2.72 bits per heavy atom. The molecule has 1 aromatic rings. The maximum Gasteiger partial charge on any atom is 0.157 e. The summed E-state index contributed by atoms with van der Waals surface area (Å²) < 4.78 is 7.93. The van der Waals surface area contributed by atoms with Crippen LogP contribution in [-0.4, -0.2) is 28.5 Å². The number of nitrogens with one attached hydrogen (secondary N) is 1. The van der Waals surface area contributed by atoms with Crippen LogP contribution in [0.2, 0.25) is 0 Å². The monoisotopic (exact) mass is 253 g/mol. The SMILES string of the molecule is CCCC(CNC(C)C)Oc1cnn(CCC)c1. The van der Waals surface area contributed by atoms with Gasteiger partial charge < -0.3 is 10.1 Å². The number of hydrogen-bond acceptors (Lipinski definition) is 3. The highest BCUT2D eigenvalue weighted by molar-refractivity contribution is 5.12. The molecule has 1 unspecified atom stereocenters. The summed E-state index contributed by atoms with van der Waals surface area (Å²) in [4.78, 5) is 0. The summed E-state index contributed by atoms with van der Waals surface area (Å²) in [5, 5.41) is 7.72. The molecule has 0 amide bonds. The molecule has 0 aliphatic rings. The zero-order chi connectivity index (χ0) is 13.4. The first-order chi connectivity index (χ1) is 8.65. The average molecular weight is 253 g/mol. The highest BCUT2D eigenvalue weighted by atomic mass is 16.5. The van der Waals surface area contributed by atoms with E-state index in [9.17, 15) is 0 Å². The molecule has 4 heteroatoms. The summed E-state index contributed by atoms with van der Waals surface area (Å²) in [7, 11) is 0. The third kappa shape index (κ3) is 5.54. The van der Waals surface area contributed by atoms with Gasteiger partial charge in [-0.2, -0.15) is 5.10 Å². The van der Waals surface area contributed by atoms with Gasteiger partial charge in [-0.05, 0) is 12.8 Å². The molecule has 1 aromatic heterocycles. The van der Waals surface area contributed by atoms with Gasteiger partial charge in [0.15, 0.2) is 5.75 Å². The summed E-state index contributed by atoms with van der Waals surface area (Å²) >= 11 is 0. The van der Waals surface area contributed by atoms with Crippen LogP contribution in [0, 0.1) is 0 Å². The van der Waals surface area contributed by atoms with E-state index in [1.807, 2.05) is 17.1 Å². The van der Waals surface area contributed by atoms with Crippen LogP contribution in [0.1, 0.15) is 47.0 Å². The molecule has 1 atom stereocenters. The van der Waals surface area contributed by atoms with Crippen molar-refractivity contribution in [3.63, 3.8) is 0 Å². The Balaban J connectivity index is 2.47. The molecule has 0 spiro atoms. The van der Waals surface area contributed by atoms with Crippen molar-refractivity contribution >= 4 is 0 Å². The van der Waals surface area contributed by atoms with Gasteiger partial charge in [-0.3, -0.25) is 4.68 Å². The second-order valence-electron chi connectivity index (χ2n) is 5.03. The van der Waals surface area contributed by atoms with Crippen molar-refractivity contribution in [2.24, 2.45) is 0 Å². The average Bonchev–Trinajstić information content (AvgIpc) is 2.74. The molecular formula is C14H27N3O. The van der Waals surface area contributed by atoms with Crippen LogP contribution in [0.5, 0.6) is 5.75 Å². The van der Waals surface area contributed by atoms with Gasteiger partial charge in [0.2, 0.25) is 0 Å². The number of nitrogens with zero attached hydrogens (tertiary/aromatic N) is 2. The molecule has 1 rings (SSSR count). The summed E-state index contributed by atoms with van der Waals surface area (Å²) in [5.41, 5.74) is 0. The standard InChI is InChI=1S/C14H27N3O/c1-5-7-13(9-15-12(3)4)18-14-10-16-17(11-14)8-6-2/h10-13,15H,5-9H2,1-4H3. The van der Waals surface area contributed by atoms with Crippen molar-refractivity contribution in [2.45, 2.75) is 65.6 Å². The summed E-state index contributed by atoms with van der Waals surface area (Å²) in [6.45, 7) is 10.5. The number of ether oxygens (including phenoxy) is 1. The smallest absolute Gasteiger partial charge is 0.157 e. The van der Waals surface area contributed by atoms with E-state index in [0.717, 1.165) is 38.1 Å². The molecule has 0 aliphatic heterocycles. The van der Waals surface area contributed by atoms with Gasteiger partial charge in [0.05, 0.1) is 12.4 Å². The van der Waals surface area contributed by atoms with Gasteiger partial charge in [0.1, 0.15) is 6.10 Å². The lowest BCUT2D eigenvalue weighted by Crippen LogP contribution is -2.35. The molecular weight excluding hydrogens is 226 g/mol. The Labute approximate surface area is 111 Å². The van der Waals surface area contributed by atoms with Gasteiger partial charge in [-0.1, -0.05) is 34.1 Å². The second kappa shape index (κ2) is 8.14. The van der Waals surface area contributed by atoms with Crippen LogP contribution in [0.25, 0.3) is 0 Å². The molecule has 0 saturated heterocycles. The lowest BCUT2D eigenvalue weighted by atomic mass is 10.2. The molecule has 0 radical (unpaired) electrons. The Morgan fingerprint density at radius 2 is 2.11 bits per heavy atom. The van der Waals surface area contributed by atoms with Crippen molar-refractivity contribution in [3.8, 4) is 5.75 Å². The van der Waals surface area contributed by atoms with Crippen molar-refractivity contribution in [1.29, 1.82) is 0 Å². The number of hydrogen-bond donors (Lipinski definition) is 1. The lowest BCUT2D eigenvalue weighted by molar-refractivity contribution is 0.183. The van der Waals surface area contributed by atoms with E-state index < -0.39 is 0 Å². The maximum atomic E-state index is 5.99. The van der Waals surface area contributed by atoms with Gasteiger partial charge >= 0.3 is 0 Å². The highest BCUT2D eigenvalue weighted by Gasteiger charge is 2.11. The predicted molar refractivity (Wildman–Crippen MR) is 75.0 cm³/mol. The first-order valence-corrected chi connectivity index (χ1v) is 7.08. The molecule has 0 aliphatic carbocycles. The van der Waals surface area contributed by atoms with Crippen molar-refractivity contribution in [1.82, 2.24) is 15.1 Å². The minimum absolute atomic E-state index is 0.233. The fraction of sp³-hybridized carbons (Fsp3) is 0.786. The molecule has 0 bridgehead atoms. The zero-order valence-electron chi connectivity index (χ0n) is 12.1. The van der Waals surface area contributed by atoms with Gasteiger partial charge in [-0.25, -0.2) is 0 Å². The fourth-order valence-corrected chi connectivity index (χ4v) is 1.84. The zero-order valence-corrected chi connectivity index (χ0v) is 12.1. The molecule has 1 heterocycles. The Kier molecular flexibility index (Phi) is 6.80. The van der Waals surface area contributed by atoms with Crippen molar-refractivity contribution in [3.05, 3.63) is 12.4 Å². The van der Waals surface area contributed by atoms with E-state index in [-0.39, 0.29) is 6.10 Å². The Morgan fingerprint density at radius 1 is 1.33 bits per heavy atom. The topological polar surface area (TPSA) is 39.1 Å². The van der Waals surface area contributed by atoms with Crippen molar-refractivity contribution < 1.29 is 4.74 Å². The van der Waals surface area contributed by atoms with Gasteiger partial charge in [0.25, 0.3) is 0 Å². The van der Waals surface area contributed by atoms with Crippen LogP contribution in [-0.2, 0) is 6.54 Å². The molecule has 104 valence electrons. The number of aryl methyl sites for hydroxylation is 1. The predicted octanol–water partition coefficient (Wildman–Crippen LogP) is 2.84. The minimum atomic E-state index is 0.233. The first-order valence-electron chi connectivity index (χ1n) is 7.08. The highest BCUT2D eigenvalue weighted by Crippen LogP contribution is 2.13. The summed E-state index contributed by atoms with van der Waals surface area (Å²) in [6.07, 6.45) is 7.33. The largest absolute Gasteiger partial charge is 0.486 e. The van der Waals surface area contributed by atoms with E-state index in [2.05, 4.69) is 38.1 Å². The Bertz CT molecular complexity index is 323. The molecule has 0 aromatic carbocycles. The van der Waals surface area contributed by atoms with Crippen LogP contribution < -0.4 is 10.1 Å². The molecule has 1 N–H and O–H groups in total. The number of rotatable bonds is 9. The maximum absolute atomic E-state index is 5.99. The summed E-state index contributed by atoms with van der Waals surface area (Å²) in [6, 6.07) is 0.496. The summed E-state index contributed by atoms with van der Waals surface area (Å²) in [5.74, 6) is 0.882. The van der Waals surface area contributed by atoms with Gasteiger partial charge in [-0.15, -0.1) is 0 Å². The van der Waals surface area contributed by atoms with E-state index in [0.29, 0.717) is 6.04 Å². The van der Waals surface area contributed by atoms with E-state index in [1.54, 1.807) is 0 Å². The molecule has 0 fully saturated rings.